The average molecular weight is 310 g/mol. The summed E-state index contributed by atoms with van der Waals surface area (Å²) < 4.78 is 4.73. The number of methoxy groups -OCH3 is 1. The van der Waals surface area contributed by atoms with Gasteiger partial charge in [-0.2, -0.15) is 0 Å². The number of carbonyl (C=O) groups is 1. The summed E-state index contributed by atoms with van der Waals surface area (Å²) in [6, 6.07) is 17.9. The molecule has 1 fully saturated rings. The molecule has 0 bridgehead atoms. The van der Waals surface area contributed by atoms with Gasteiger partial charge in [0.1, 0.15) is 0 Å². The van der Waals surface area contributed by atoms with Crippen LogP contribution in [0.4, 0.5) is 0 Å². The summed E-state index contributed by atoms with van der Waals surface area (Å²) in [7, 11) is 1.39. The number of rotatable bonds is 4. The Bertz CT molecular complexity index is 670. The van der Waals surface area contributed by atoms with E-state index in [-0.39, 0.29) is 11.5 Å². The van der Waals surface area contributed by atoms with Crippen LogP contribution in [0.1, 0.15) is 27.9 Å². The van der Waals surface area contributed by atoms with Crippen LogP contribution in [0.3, 0.4) is 0 Å². The highest BCUT2D eigenvalue weighted by Crippen LogP contribution is 2.30. The summed E-state index contributed by atoms with van der Waals surface area (Å²) in [6.07, 6.45) is 0.914. The Morgan fingerprint density at radius 1 is 1.17 bits per heavy atom. The molecule has 0 saturated carbocycles. The minimum absolute atomic E-state index is 0.320. The molecule has 23 heavy (non-hydrogen) atoms. The number of likely N-dealkylation sites (tertiary alicyclic amines) is 1. The standard InChI is InChI=1S/C19H22N2O2/c1-23-18(22)16-7-9-17(10-8-16)19(20)11-12-21(14-19)13-15-5-3-2-4-6-15/h2-10H,11-14,20H2,1H3. The van der Waals surface area contributed by atoms with Crippen molar-refractivity contribution in [1.82, 2.24) is 4.90 Å². The third kappa shape index (κ3) is 3.44. The number of nitrogens with two attached hydrogens (primary N) is 1. The summed E-state index contributed by atoms with van der Waals surface area (Å²) in [5.74, 6) is -0.320. The van der Waals surface area contributed by atoms with Crippen LogP contribution in [-0.2, 0) is 16.8 Å². The Labute approximate surface area is 136 Å². The first-order valence-corrected chi connectivity index (χ1v) is 7.85. The van der Waals surface area contributed by atoms with Crippen LogP contribution in [0.5, 0.6) is 0 Å². The predicted octanol–water partition coefficient (Wildman–Crippen LogP) is 2.53. The second kappa shape index (κ2) is 6.52. The first kappa shape index (κ1) is 15.7. The molecular weight excluding hydrogens is 288 g/mol. The van der Waals surface area contributed by atoms with Crippen LogP contribution >= 0.6 is 0 Å². The van der Waals surface area contributed by atoms with Gasteiger partial charge in [0, 0.05) is 19.6 Å². The highest BCUT2D eigenvalue weighted by atomic mass is 16.5. The van der Waals surface area contributed by atoms with E-state index in [0.29, 0.717) is 5.56 Å². The quantitative estimate of drug-likeness (QED) is 0.882. The number of ether oxygens (including phenoxy) is 1. The SMILES string of the molecule is COC(=O)c1ccc(C2(N)CCN(Cc3ccccc3)C2)cc1. The van der Waals surface area contributed by atoms with E-state index in [0.717, 1.165) is 31.6 Å². The molecule has 1 aliphatic rings. The fourth-order valence-corrected chi connectivity index (χ4v) is 3.18. The van der Waals surface area contributed by atoms with Gasteiger partial charge >= 0.3 is 5.97 Å². The maximum absolute atomic E-state index is 11.5. The maximum atomic E-state index is 11.5. The van der Waals surface area contributed by atoms with Gasteiger partial charge in [-0.25, -0.2) is 4.79 Å². The summed E-state index contributed by atoms with van der Waals surface area (Å²) in [4.78, 5) is 13.9. The minimum atomic E-state index is -0.358. The molecule has 0 aromatic heterocycles. The molecule has 0 radical (unpaired) electrons. The van der Waals surface area contributed by atoms with Crippen molar-refractivity contribution in [3.63, 3.8) is 0 Å². The van der Waals surface area contributed by atoms with Crippen molar-refractivity contribution >= 4 is 5.97 Å². The van der Waals surface area contributed by atoms with Gasteiger partial charge in [0.15, 0.2) is 0 Å². The van der Waals surface area contributed by atoms with Crippen LogP contribution < -0.4 is 5.73 Å². The number of hydrogen-bond acceptors (Lipinski definition) is 4. The topological polar surface area (TPSA) is 55.6 Å². The number of carbonyl (C=O) groups excluding carboxylic acids is 1. The number of hydrogen-bond donors (Lipinski definition) is 1. The summed E-state index contributed by atoms with van der Waals surface area (Å²) in [5.41, 5.74) is 9.20. The van der Waals surface area contributed by atoms with Gasteiger partial charge in [0.25, 0.3) is 0 Å². The lowest BCUT2D eigenvalue weighted by Crippen LogP contribution is -2.39. The monoisotopic (exact) mass is 310 g/mol. The third-order valence-electron chi connectivity index (χ3n) is 4.51. The molecule has 120 valence electrons. The van der Waals surface area contributed by atoms with Crippen molar-refractivity contribution in [2.75, 3.05) is 20.2 Å². The van der Waals surface area contributed by atoms with Crippen LogP contribution in [0.25, 0.3) is 0 Å². The molecule has 1 heterocycles. The summed E-state index contributed by atoms with van der Waals surface area (Å²) in [6.45, 7) is 2.71. The molecule has 0 spiro atoms. The highest BCUT2D eigenvalue weighted by molar-refractivity contribution is 5.89. The lowest BCUT2D eigenvalue weighted by molar-refractivity contribution is 0.0600. The second-order valence-corrected chi connectivity index (χ2v) is 6.17. The van der Waals surface area contributed by atoms with Gasteiger partial charge in [-0.3, -0.25) is 4.90 Å². The van der Waals surface area contributed by atoms with Crippen molar-refractivity contribution < 1.29 is 9.53 Å². The fourth-order valence-electron chi connectivity index (χ4n) is 3.18. The molecular formula is C19H22N2O2. The largest absolute Gasteiger partial charge is 0.465 e. The van der Waals surface area contributed by atoms with Crippen LogP contribution in [-0.4, -0.2) is 31.1 Å². The van der Waals surface area contributed by atoms with E-state index in [1.54, 1.807) is 12.1 Å². The summed E-state index contributed by atoms with van der Waals surface area (Å²) in [5, 5.41) is 0. The van der Waals surface area contributed by atoms with Gasteiger partial charge in [-0.05, 0) is 29.7 Å². The third-order valence-corrected chi connectivity index (χ3v) is 4.51. The van der Waals surface area contributed by atoms with Crippen molar-refractivity contribution in [3.8, 4) is 0 Å². The zero-order valence-electron chi connectivity index (χ0n) is 13.4. The zero-order chi connectivity index (χ0) is 16.3. The molecule has 1 unspecified atom stereocenters. The Morgan fingerprint density at radius 2 is 1.87 bits per heavy atom. The van der Waals surface area contributed by atoms with Crippen molar-refractivity contribution in [3.05, 3.63) is 71.3 Å². The highest BCUT2D eigenvalue weighted by Gasteiger charge is 2.35. The molecule has 4 heteroatoms. The van der Waals surface area contributed by atoms with E-state index in [1.807, 2.05) is 18.2 Å². The van der Waals surface area contributed by atoms with E-state index in [1.165, 1.54) is 12.7 Å². The lowest BCUT2D eigenvalue weighted by atomic mass is 9.89. The van der Waals surface area contributed by atoms with E-state index >= 15 is 0 Å². The Kier molecular flexibility index (Phi) is 4.46. The molecule has 2 aromatic carbocycles. The normalized spacial score (nSPS) is 21.3. The van der Waals surface area contributed by atoms with Crippen LogP contribution in [0, 0.1) is 0 Å². The Morgan fingerprint density at radius 3 is 2.52 bits per heavy atom. The first-order valence-electron chi connectivity index (χ1n) is 7.85. The maximum Gasteiger partial charge on any atom is 0.337 e. The molecule has 3 rings (SSSR count). The van der Waals surface area contributed by atoms with Crippen LogP contribution in [0.15, 0.2) is 54.6 Å². The van der Waals surface area contributed by atoms with Crippen molar-refractivity contribution in [2.24, 2.45) is 5.73 Å². The van der Waals surface area contributed by atoms with Gasteiger partial charge in [0.05, 0.1) is 18.2 Å². The van der Waals surface area contributed by atoms with E-state index in [2.05, 4.69) is 29.2 Å². The van der Waals surface area contributed by atoms with Crippen molar-refractivity contribution in [2.45, 2.75) is 18.5 Å². The number of nitrogens with zero attached hydrogens (tertiary/aromatic N) is 1. The Hall–Kier alpha value is -2.17. The molecule has 0 amide bonds. The average Bonchev–Trinajstić information content (AvgIpc) is 2.97. The predicted molar refractivity (Wildman–Crippen MR) is 90.0 cm³/mol. The van der Waals surface area contributed by atoms with Crippen molar-refractivity contribution in [1.29, 1.82) is 0 Å². The molecule has 1 saturated heterocycles. The molecule has 1 aliphatic heterocycles. The van der Waals surface area contributed by atoms with Crippen LogP contribution in [0.2, 0.25) is 0 Å². The van der Waals surface area contributed by atoms with Gasteiger partial charge in [-0.15, -0.1) is 0 Å². The molecule has 0 aliphatic carbocycles. The molecule has 2 aromatic rings. The van der Waals surface area contributed by atoms with E-state index in [9.17, 15) is 4.79 Å². The van der Waals surface area contributed by atoms with E-state index < -0.39 is 0 Å². The van der Waals surface area contributed by atoms with Gasteiger partial charge < -0.3 is 10.5 Å². The number of esters is 1. The lowest BCUT2D eigenvalue weighted by Gasteiger charge is -2.25. The van der Waals surface area contributed by atoms with Gasteiger partial charge in [-0.1, -0.05) is 42.5 Å². The first-order chi connectivity index (χ1) is 11.1. The summed E-state index contributed by atoms with van der Waals surface area (Å²) >= 11 is 0. The smallest absolute Gasteiger partial charge is 0.337 e. The van der Waals surface area contributed by atoms with Gasteiger partial charge in [0.2, 0.25) is 0 Å². The van der Waals surface area contributed by atoms with E-state index in [4.69, 9.17) is 10.5 Å². The second-order valence-electron chi connectivity index (χ2n) is 6.17. The number of benzene rings is 2. The molecule has 4 nitrogen and oxygen atoms in total. The zero-order valence-corrected chi connectivity index (χ0v) is 13.4. The minimum Gasteiger partial charge on any atom is -0.465 e. The molecule has 1 atom stereocenters. The fraction of sp³-hybridized carbons (Fsp3) is 0.316. The Balaban J connectivity index is 1.69. The molecule has 2 N–H and O–H groups in total.